The largest absolute Gasteiger partial charge is 0.397 e. The highest BCUT2D eigenvalue weighted by atomic mass is 32.1. The predicted octanol–water partition coefficient (Wildman–Crippen LogP) is 2.41. The number of carbonyl (C=O) groups excluding carboxylic acids is 1. The van der Waals surface area contributed by atoms with Crippen LogP contribution in [-0.4, -0.2) is 35.6 Å². The smallest absolute Gasteiger partial charge is 0.266 e. The first kappa shape index (κ1) is 14.6. The maximum Gasteiger partial charge on any atom is 0.266 e. The summed E-state index contributed by atoms with van der Waals surface area (Å²) in [5.41, 5.74) is 7.74. The Labute approximate surface area is 122 Å². The van der Waals surface area contributed by atoms with Gasteiger partial charge in [-0.2, -0.15) is 0 Å². The van der Waals surface area contributed by atoms with Crippen molar-refractivity contribution in [3.8, 4) is 0 Å². The number of thiophene rings is 1. The van der Waals surface area contributed by atoms with Crippen molar-refractivity contribution in [2.45, 2.75) is 6.92 Å². The van der Waals surface area contributed by atoms with Gasteiger partial charge in [0.05, 0.1) is 12.3 Å². The number of rotatable bonds is 5. The number of nitrogens with zero attached hydrogens (tertiary/aromatic N) is 1. The predicted molar refractivity (Wildman–Crippen MR) is 84.2 cm³/mol. The minimum Gasteiger partial charge on any atom is -0.397 e. The lowest BCUT2D eigenvalue weighted by Crippen LogP contribution is -2.33. The van der Waals surface area contributed by atoms with Gasteiger partial charge in [-0.05, 0) is 12.5 Å². The summed E-state index contributed by atoms with van der Waals surface area (Å²) in [6, 6.07) is 5.86. The fourth-order valence-electron chi connectivity index (χ4n) is 2.13. The summed E-state index contributed by atoms with van der Waals surface area (Å²) in [5.74, 6) is -0.156. The average molecular weight is 290 g/mol. The molecule has 0 atom stereocenters. The van der Waals surface area contributed by atoms with E-state index in [1.165, 1.54) is 11.3 Å². The van der Waals surface area contributed by atoms with E-state index in [1.807, 2.05) is 25.1 Å². The Morgan fingerprint density at radius 3 is 2.90 bits per heavy atom. The molecule has 1 aromatic carbocycles. The minimum atomic E-state index is -0.156. The molecule has 1 amide bonds. The molecule has 106 valence electrons. The molecule has 2 rings (SSSR count). The topological polar surface area (TPSA) is 66.6 Å². The Morgan fingerprint density at radius 2 is 2.30 bits per heavy atom. The molecule has 2 aromatic rings. The van der Waals surface area contributed by atoms with Crippen LogP contribution in [0.15, 0.2) is 30.9 Å². The van der Waals surface area contributed by atoms with Gasteiger partial charge in [-0.1, -0.05) is 24.3 Å². The van der Waals surface area contributed by atoms with Crippen LogP contribution in [0.1, 0.15) is 15.2 Å². The number of aliphatic hydroxyl groups is 1. The molecule has 0 unspecified atom stereocenters. The molecule has 1 heterocycles. The first-order chi connectivity index (χ1) is 9.60. The van der Waals surface area contributed by atoms with Crippen LogP contribution in [0.5, 0.6) is 0 Å². The molecule has 0 spiro atoms. The standard InChI is InChI=1S/C15H18N2O2S/c1-3-7-17(8-9-18)15(19)14-12(16)11-6-4-5-10(2)13(11)20-14/h3-6,18H,1,7-9,16H2,2H3. The first-order valence-corrected chi connectivity index (χ1v) is 7.20. The number of hydrogen-bond acceptors (Lipinski definition) is 4. The van der Waals surface area contributed by atoms with E-state index in [1.54, 1.807) is 11.0 Å². The lowest BCUT2D eigenvalue weighted by molar-refractivity contribution is 0.0748. The maximum absolute atomic E-state index is 12.5. The second-order valence-corrected chi connectivity index (χ2v) is 5.58. The number of nitrogen functional groups attached to an aromatic ring is 1. The quantitative estimate of drug-likeness (QED) is 0.831. The Morgan fingerprint density at radius 1 is 1.55 bits per heavy atom. The molecule has 0 aliphatic carbocycles. The Bertz CT molecular complexity index is 649. The van der Waals surface area contributed by atoms with Gasteiger partial charge in [0, 0.05) is 23.2 Å². The second-order valence-electron chi connectivity index (χ2n) is 4.56. The van der Waals surface area contributed by atoms with E-state index in [9.17, 15) is 4.79 Å². The lowest BCUT2D eigenvalue weighted by atomic mass is 10.1. The number of amides is 1. The fraction of sp³-hybridized carbons (Fsp3) is 0.267. The van der Waals surface area contributed by atoms with E-state index in [0.29, 0.717) is 17.1 Å². The van der Waals surface area contributed by atoms with Crippen LogP contribution >= 0.6 is 11.3 Å². The molecule has 0 aliphatic heterocycles. The van der Waals surface area contributed by atoms with Crippen molar-refractivity contribution < 1.29 is 9.90 Å². The van der Waals surface area contributed by atoms with Gasteiger partial charge in [0.1, 0.15) is 4.88 Å². The molecule has 0 saturated carbocycles. The van der Waals surface area contributed by atoms with Crippen LogP contribution in [0.3, 0.4) is 0 Å². The van der Waals surface area contributed by atoms with Crippen LogP contribution in [0.25, 0.3) is 10.1 Å². The van der Waals surface area contributed by atoms with Crippen molar-refractivity contribution in [1.29, 1.82) is 0 Å². The Balaban J connectivity index is 2.46. The monoisotopic (exact) mass is 290 g/mol. The van der Waals surface area contributed by atoms with Crippen molar-refractivity contribution in [2.75, 3.05) is 25.4 Å². The zero-order valence-corrected chi connectivity index (χ0v) is 12.2. The molecular formula is C15H18N2O2S. The van der Waals surface area contributed by atoms with Crippen molar-refractivity contribution in [3.63, 3.8) is 0 Å². The summed E-state index contributed by atoms with van der Waals surface area (Å²) >= 11 is 1.41. The van der Waals surface area contributed by atoms with Crippen LogP contribution in [0.4, 0.5) is 5.69 Å². The van der Waals surface area contributed by atoms with E-state index in [2.05, 4.69) is 6.58 Å². The Kier molecular flexibility index (Phi) is 4.42. The normalized spacial score (nSPS) is 10.7. The van der Waals surface area contributed by atoms with Gasteiger partial charge < -0.3 is 15.7 Å². The molecule has 0 bridgehead atoms. The van der Waals surface area contributed by atoms with Crippen molar-refractivity contribution >= 4 is 33.0 Å². The highest BCUT2D eigenvalue weighted by Crippen LogP contribution is 2.36. The zero-order valence-electron chi connectivity index (χ0n) is 11.4. The highest BCUT2D eigenvalue weighted by Gasteiger charge is 2.21. The van der Waals surface area contributed by atoms with Crippen LogP contribution < -0.4 is 5.73 Å². The number of benzene rings is 1. The zero-order chi connectivity index (χ0) is 14.7. The average Bonchev–Trinajstić information content (AvgIpc) is 2.77. The number of fused-ring (bicyclic) bond motifs is 1. The summed E-state index contributed by atoms with van der Waals surface area (Å²) in [5, 5.41) is 9.97. The van der Waals surface area contributed by atoms with Gasteiger partial charge in [-0.15, -0.1) is 17.9 Å². The third kappa shape index (κ3) is 2.55. The summed E-state index contributed by atoms with van der Waals surface area (Å²) in [6.07, 6.45) is 1.64. The van der Waals surface area contributed by atoms with Gasteiger partial charge in [-0.25, -0.2) is 0 Å². The summed E-state index contributed by atoms with van der Waals surface area (Å²) in [4.78, 5) is 14.6. The van der Waals surface area contributed by atoms with E-state index in [4.69, 9.17) is 10.8 Å². The second kappa shape index (κ2) is 6.07. The summed E-state index contributed by atoms with van der Waals surface area (Å²) in [6.45, 7) is 6.23. The fourth-order valence-corrected chi connectivity index (χ4v) is 3.29. The molecule has 0 radical (unpaired) electrons. The van der Waals surface area contributed by atoms with Crippen LogP contribution in [0, 0.1) is 6.92 Å². The molecule has 1 aromatic heterocycles. The molecule has 0 fully saturated rings. The van der Waals surface area contributed by atoms with Gasteiger partial charge in [0.2, 0.25) is 0 Å². The van der Waals surface area contributed by atoms with Gasteiger partial charge >= 0.3 is 0 Å². The van der Waals surface area contributed by atoms with Gasteiger partial charge in [0.15, 0.2) is 0 Å². The number of aryl methyl sites for hydroxylation is 1. The van der Waals surface area contributed by atoms with E-state index < -0.39 is 0 Å². The maximum atomic E-state index is 12.5. The third-order valence-corrected chi connectivity index (χ3v) is 4.50. The summed E-state index contributed by atoms with van der Waals surface area (Å²) < 4.78 is 1.04. The summed E-state index contributed by atoms with van der Waals surface area (Å²) in [7, 11) is 0. The van der Waals surface area contributed by atoms with E-state index in [0.717, 1.165) is 15.6 Å². The molecule has 4 nitrogen and oxygen atoms in total. The molecule has 20 heavy (non-hydrogen) atoms. The van der Waals surface area contributed by atoms with E-state index >= 15 is 0 Å². The number of carbonyl (C=O) groups is 1. The lowest BCUT2D eigenvalue weighted by Gasteiger charge is -2.19. The SMILES string of the molecule is C=CCN(CCO)C(=O)c1sc2c(C)cccc2c1N. The van der Waals surface area contributed by atoms with Crippen molar-refractivity contribution in [1.82, 2.24) is 4.90 Å². The van der Waals surface area contributed by atoms with Gasteiger partial charge in [-0.3, -0.25) is 4.79 Å². The molecule has 0 saturated heterocycles. The Hall–Kier alpha value is -1.85. The van der Waals surface area contributed by atoms with Crippen molar-refractivity contribution in [3.05, 3.63) is 41.3 Å². The number of hydrogen-bond donors (Lipinski definition) is 2. The number of anilines is 1. The van der Waals surface area contributed by atoms with Crippen LogP contribution in [-0.2, 0) is 0 Å². The number of nitrogens with two attached hydrogens (primary N) is 1. The third-order valence-electron chi connectivity index (χ3n) is 3.15. The highest BCUT2D eigenvalue weighted by molar-refractivity contribution is 7.21. The molecular weight excluding hydrogens is 272 g/mol. The molecule has 3 N–H and O–H groups in total. The van der Waals surface area contributed by atoms with Crippen molar-refractivity contribution in [2.24, 2.45) is 0 Å². The number of aliphatic hydroxyl groups excluding tert-OH is 1. The molecule has 0 aliphatic rings. The minimum absolute atomic E-state index is 0.0800. The van der Waals surface area contributed by atoms with E-state index in [-0.39, 0.29) is 19.1 Å². The first-order valence-electron chi connectivity index (χ1n) is 6.38. The van der Waals surface area contributed by atoms with Crippen LogP contribution in [0.2, 0.25) is 0 Å². The molecule has 5 heteroatoms. The van der Waals surface area contributed by atoms with Gasteiger partial charge in [0.25, 0.3) is 5.91 Å².